The van der Waals surface area contributed by atoms with E-state index in [-0.39, 0.29) is 5.41 Å². The predicted octanol–water partition coefficient (Wildman–Crippen LogP) is 4.04. The third-order valence-corrected chi connectivity index (χ3v) is 5.97. The Morgan fingerprint density at radius 3 is 2.84 bits per heavy atom. The van der Waals surface area contributed by atoms with Gasteiger partial charge in [-0.15, -0.1) is 0 Å². The summed E-state index contributed by atoms with van der Waals surface area (Å²) in [4.78, 5) is 22.0. The fraction of sp³-hybridized carbons (Fsp3) is 0.500. The molecule has 3 heterocycles. The van der Waals surface area contributed by atoms with Gasteiger partial charge in [-0.3, -0.25) is 4.79 Å². The second kappa shape index (κ2) is 6.17. The lowest BCUT2D eigenvalue weighted by Gasteiger charge is -2.24. The van der Waals surface area contributed by atoms with E-state index in [4.69, 9.17) is 16.6 Å². The number of aryl methyl sites for hydroxylation is 1. The summed E-state index contributed by atoms with van der Waals surface area (Å²) in [6.07, 6.45) is 2.93. The van der Waals surface area contributed by atoms with E-state index in [0.29, 0.717) is 10.9 Å². The molecule has 0 radical (unpaired) electrons. The molecule has 0 saturated carbocycles. The van der Waals surface area contributed by atoms with Crippen molar-refractivity contribution in [3.8, 4) is 0 Å². The molecule has 1 unspecified atom stereocenters. The van der Waals surface area contributed by atoms with Gasteiger partial charge in [0, 0.05) is 36.6 Å². The third-order valence-electron chi connectivity index (χ3n) is 5.74. The number of amides is 1. The fourth-order valence-electron chi connectivity index (χ4n) is 4.34. The van der Waals surface area contributed by atoms with Gasteiger partial charge < -0.3 is 9.80 Å². The summed E-state index contributed by atoms with van der Waals surface area (Å²) in [5.74, 6) is 1.31. The maximum atomic E-state index is 12.9. The Bertz CT molecular complexity index is 837. The summed E-state index contributed by atoms with van der Waals surface area (Å²) in [6, 6.07) is 7.99. The summed E-state index contributed by atoms with van der Waals surface area (Å²) in [5.41, 5.74) is 1.92. The van der Waals surface area contributed by atoms with Crippen molar-refractivity contribution in [2.75, 3.05) is 31.1 Å². The van der Waals surface area contributed by atoms with Gasteiger partial charge >= 0.3 is 0 Å². The van der Waals surface area contributed by atoms with Gasteiger partial charge in [0.05, 0.1) is 10.9 Å². The summed E-state index contributed by atoms with van der Waals surface area (Å²) in [7, 11) is 0. The number of hydrogen-bond donors (Lipinski definition) is 0. The molecule has 2 saturated heterocycles. The van der Waals surface area contributed by atoms with Gasteiger partial charge in [-0.2, -0.15) is 0 Å². The molecule has 1 aromatic carbocycles. The van der Waals surface area contributed by atoms with E-state index < -0.39 is 0 Å². The average molecular weight is 358 g/mol. The SMILES string of the molecule is CCCN1CCC2(CCN(c3cc(C)c4ccc(Cl)cc4n3)C2)C1=O. The molecule has 2 aromatic rings. The van der Waals surface area contributed by atoms with Crippen LogP contribution in [0, 0.1) is 12.3 Å². The normalized spacial score (nSPS) is 23.4. The molecular formula is C20H24ClN3O. The zero-order valence-corrected chi connectivity index (χ0v) is 15.6. The highest BCUT2D eigenvalue weighted by Crippen LogP contribution is 2.42. The molecule has 0 N–H and O–H groups in total. The number of fused-ring (bicyclic) bond motifs is 1. The number of aromatic nitrogens is 1. The van der Waals surface area contributed by atoms with E-state index in [2.05, 4.69) is 24.8 Å². The first kappa shape index (κ1) is 16.6. The van der Waals surface area contributed by atoms with E-state index in [1.54, 1.807) is 0 Å². The summed E-state index contributed by atoms with van der Waals surface area (Å²) >= 11 is 6.14. The smallest absolute Gasteiger partial charge is 0.230 e. The standard InChI is InChI=1S/C20H24ClN3O/c1-3-8-23-9-6-20(19(23)25)7-10-24(13-20)18-11-14(2)16-5-4-15(21)12-17(16)22-18/h4-5,11-12H,3,6-10,13H2,1-2H3. The summed E-state index contributed by atoms with van der Waals surface area (Å²) < 4.78 is 0. The highest BCUT2D eigenvalue weighted by molar-refractivity contribution is 6.31. The van der Waals surface area contributed by atoms with Gasteiger partial charge in [-0.25, -0.2) is 4.98 Å². The number of rotatable bonds is 3. The molecule has 2 aliphatic heterocycles. The second-order valence-corrected chi connectivity index (χ2v) is 7.89. The molecule has 0 bridgehead atoms. The van der Waals surface area contributed by atoms with E-state index in [9.17, 15) is 4.79 Å². The zero-order chi connectivity index (χ0) is 17.6. The minimum Gasteiger partial charge on any atom is -0.355 e. The van der Waals surface area contributed by atoms with Crippen LogP contribution in [0.4, 0.5) is 5.82 Å². The van der Waals surface area contributed by atoms with Gasteiger partial charge in [-0.1, -0.05) is 24.6 Å². The largest absolute Gasteiger partial charge is 0.355 e. The van der Waals surface area contributed by atoms with Crippen LogP contribution in [0.2, 0.25) is 5.02 Å². The number of carbonyl (C=O) groups is 1. The topological polar surface area (TPSA) is 36.4 Å². The Kier molecular flexibility index (Phi) is 4.11. The fourth-order valence-corrected chi connectivity index (χ4v) is 4.51. The molecule has 25 heavy (non-hydrogen) atoms. The van der Waals surface area contributed by atoms with Gasteiger partial charge in [0.15, 0.2) is 0 Å². The molecular weight excluding hydrogens is 334 g/mol. The minimum atomic E-state index is -0.200. The van der Waals surface area contributed by atoms with Gasteiger partial charge in [0.25, 0.3) is 0 Å². The maximum absolute atomic E-state index is 12.9. The molecule has 1 spiro atoms. The third kappa shape index (κ3) is 2.77. The number of halogens is 1. The van der Waals surface area contributed by atoms with Crippen LogP contribution in [-0.2, 0) is 4.79 Å². The Morgan fingerprint density at radius 1 is 1.24 bits per heavy atom. The Hall–Kier alpha value is -1.81. The van der Waals surface area contributed by atoms with Crippen LogP contribution < -0.4 is 4.90 Å². The molecule has 4 nitrogen and oxygen atoms in total. The van der Waals surface area contributed by atoms with Crippen LogP contribution in [0.15, 0.2) is 24.3 Å². The Labute approximate surface area is 153 Å². The molecule has 1 atom stereocenters. The lowest BCUT2D eigenvalue weighted by Crippen LogP contribution is -2.37. The van der Waals surface area contributed by atoms with Crippen LogP contribution in [0.5, 0.6) is 0 Å². The quantitative estimate of drug-likeness (QED) is 0.832. The number of carbonyl (C=O) groups excluding carboxylic acids is 1. The molecule has 132 valence electrons. The first-order chi connectivity index (χ1) is 12.0. The summed E-state index contributed by atoms with van der Waals surface area (Å²) in [5, 5.41) is 1.84. The van der Waals surface area contributed by atoms with Crippen molar-refractivity contribution in [2.45, 2.75) is 33.1 Å². The van der Waals surface area contributed by atoms with E-state index in [1.165, 1.54) is 5.56 Å². The van der Waals surface area contributed by atoms with Crippen LogP contribution in [-0.4, -0.2) is 42.0 Å². The monoisotopic (exact) mass is 357 g/mol. The number of hydrogen-bond acceptors (Lipinski definition) is 3. The van der Waals surface area contributed by atoms with Crippen molar-refractivity contribution in [1.82, 2.24) is 9.88 Å². The van der Waals surface area contributed by atoms with Crippen molar-refractivity contribution in [1.29, 1.82) is 0 Å². The number of benzene rings is 1. The molecule has 1 amide bonds. The van der Waals surface area contributed by atoms with Crippen LogP contribution in [0.1, 0.15) is 31.7 Å². The molecule has 4 rings (SSSR count). The molecule has 2 aliphatic rings. The molecule has 1 aromatic heterocycles. The summed E-state index contributed by atoms with van der Waals surface area (Å²) in [6.45, 7) is 7.70. The first-order valence-corrected chi connectivity index (χ1v) is 9.51. The van der Waals surface area contributed by atoms with E-state index >= 15 is 0 Å². The zero-order valence-electron chi connectivity index (χ0n) is 14.9. The molecule has 2 fully saturated rings. The van der Waals surface area contributed by atoms with Crippen molar-refractivity contribution < 1.29 is 4.79 Å². The number of pyridine rings is 1. The van der Waals surface area contributed by atoms with Crippen LogP contribution in [0.25, 0.3) is 10.9 Å². The van der Waals surface area contributed by atoms with Crippen LogP contribution >= 0.6 is 11.6 Å². The van der Waals surface area contributed by atoms with Gasteiger partial charge in [0.2, 0.25) is 5.91 Å². The average Bonchev–Trinajstić information content (AvgIpc) is 3.15. The highest BCUT2D eigenvalue weighted by Gasteiger charge is 2.50. The molecule has 0 aliphatic carbocycles. The highest BCUT2D eigenvalue weighted by atomic mass is 35.5. The second-order valence-electron chi connectivity index (χ2n) is 7.45. The number of nitrogens with zero attached hydrogens (tertiary/aromatic N) is 3. The first-order valence-electron chi connectivity index (χ1n) is 9.14. The van der Waals surface area contributed by atoms with Gasteiger partial charge in [0.1, 0.15) is 5.82 Å². The lowest BCUT2D eigenvalue weighted by atomic mass is 9.85. The Balaban J connectivity index is 1.62. The van der Waals surface area contributed by atoms with E-state index in [1.807, 2.05) is 23.1 Å². The van der Waals surface area contributed by atoms with Gasteiger partial charge in [-0.05, 0) is 49.9 Å². The number of anilines is 1. The minimum absolute atomic E-state index is 0.200. The number of likely N-dealkylation sites (tertiary alicyclic amines) is 1. The lowest BCUT2D eigenvalue weighted by molar-refractivity contribution is -0.135. The van der Waals surface area contributed by atoms with E-state index in [0.717, 1.165) is 62.2 Å². The van der Waals surface area contributed by atoms with Crippen molar-refractivity contribution in [3.05, 3.63) is 34.9 Å². The van der Waals surface area contributed by atoms with Crippen LogP contribution in [0.3, 0.4) is 0 Å². The Morgan fingerprint density at radius 2 is 2.04 bits per heavy atom. The van der Waals surface area contributed by atoms with Crippen molar-refractivity contribution in [3.63, 3.8) is 0 Å². The van der Waals surface area contributed by atoms with Crippen molar-refractivity contribution in [2.24, 2.45) is 5.41 Å². The maximum Gasteiger partial charge on any atom is 0.230 e. The predicted molar refractivity (Wildman–Crippen MR) is 102 cm³/mol. The molecule has 5 heteroatoms. The van der Waals surface area contributed by atoms with Crippen molar-refractivity contribution >= 4 is 34.2 Å².